The van der Waals surface area contributed by atoms with E-state index < -0.39 is 0 Å². The van der Waals surface area contributed by atoms with E-state index in [0.717, 1.165) is 192 Å². The first-order valence-electron chi connectivity index (χ1n) is 37.0. The second kappa shape index (κ2) is 25.9. The summed E-state index contributed by atoms with van der Waals surface area (Å²) < 4.78 is 10.6. The number of halogens is 1. The standard InChI is InChI=1S/C103H64BrN5/c104-99-102(108-95-53-45-78(70-33-17-5-18-34-70)61-86(95)87-62-79(46-54-96(87)108)71-35-19-6-20-36-71)100(106-91-49-41-74(66-25-9-1-10-26-66)57-82(91)83-58-75(42-50-92(83)106)67-27-11-2-12-28-67)90(65-105)101(107-93-51-43-76(68-29-13-3-14-30-68)59-84(93)85-60-77(44-52-94(85)107)69-31-15-4-16-32-69)103(99)109-97-55-47-80(72-37-21-7-22-38-72)63-88(97)89-64-81(48-56-98(89)109)73-39-23-8-24-40-73/h1-64H. The highest BCUT2D eigenvalue weighted by Gasteiger charge is 2.35. The molecule has 0 radical (unpaired) electrons. The van der Waals surface area contributed by atoms with Gasteiger partial charge in [-0.2, -0.15) is 5.26 Å². The second-order valence-electron chi connectivity index (χ2n) is 28.3. The lowest BCUT2D eigenvalue weighted by Gasteiger charge is -2.27. The molecule has 0 saturated heterocycles. The van der Waals surface area contributed by atoms with Crippen molar-refractivity contribution < 1.29 is 0 Å². The summed E-state index contributed by atoms with van der Waals surface area (Å²) in [6.45, 7) is 0. The molecule has 508 valence electrons. The monoisotopic (exact) mass is 1450 g/mol. The van der Waals surface area contributed by atoms with Crippen molar-refractivity contribution in [3.63, 3.8) is 0 Å². The Morgan fingerprint density at radius 1 is 0.174 bits per heavy atom. The third-order valence-electron chi connectivity index (χ3n) is 22.3. The van der Waals surface area contributed by atoms with E-state index in [9.17, 15) is 5.26 Å². The van der Waals surface area contributed by atoms with Gasteiger partial charge >= 0.3 is 0 Å². The maximum Gasteiger partial charge on any atom is 0.104 e. The zero-order valence-corrected chi connectivity index (χ0v) is 60.7. The fourth-order valence-corrected chi connectivity index (χ4v) is 17.9. The molecule has 0 aliphatic heterocycles. The van der Waals surface area contributed by atoms with Gasteiger partial charge in [0, 0.05) is 43.1 Å². The van der Waals surface area contributed by atoms with Gasteiger partial charge in [-0.3, -0.25) is 0 Å². The first kappa shape index (κ1) is 63.4. The highest BCUT2D eigenvalue weighted by molar-refractivity contribution is 9.10. The minimum Gasteiger partial charge on any atom is -0.306 e. The molecule has 0 unspecified atom stereocenters. The van der Waals surface area contributed by atoms with Crippen LogP contribution < -0.4 is 0 Å². The van der Waals surface area contributed by atoms with Crippen LogP contribution in [-0.2, 0) is 0 Å². The Hall–Kier alpha value is -14.1. The van der Waals surface area contributed by atoms with Gasteiger partial charge < -0.3 is 18.3 Å². The van der Waals surface area contributed by atoms with Crippen LogP contribution in [0.1, 0.15) is 5.56 Å². The number of benzene rings is 17. The highest BCUT2D eigenvalue weighted by atomic mass is 79.9. The Labute approximate surface area is 638 Å². The molecule has 17 aromatic carbocycles. The molecule has 4 heterocycles. The lowest BCUT2D eigenvalue weighted by atomic mass is 10.0. The maximum atomic E-state index is 13.7. The molecule has 0 saturated carbocycles. The first-order valence-corrected chi connectivity index (χ1v) is 37.8. The Balaban J connectivity index is 0.993. The van der Waals surface area contributed by atoms with Crippen LogP contribution in [0.5, 0.6) is 0 Å². The van der Waals surface area contributed by atoms with Gasteiger partial charge in [0.2, 0.25) is 0 Å². The van der Waals surface area contributed by atoms with Crippen LogP contribution in [0.4, 0.5) is 0 Å². The van der Waals surface area contributed by atoms with Crippen molar-refractivity contribution in [2.24, 2.45) is 0 Å². The average Bonchev–Trinajstić information content (AvgIpc) is 1.56. The Morgan fingerprint density at radius 2 is 0.321 bits per heavy atom. The third kappa shape index (κ3) is 10.4. The van der Waals surface area contributed by atoms with Crippen LogP contribution in [-0.4, -0.2) is 18.3 Å². The van der Waals surface area contributed by atoms with Crippen molar-refractivity contribution in [3.05, 3.63) is 398 Å². The fourth-order valence-electron chi connectivity index (χ4n) is 17.2. The van der Waals surface area contributed by atoms with Gasteiger partial charge in [0.15, 0.2) is 0 Å². The normalized spacial score (nSPS) is 11.7. The molecule has 0 fully saturated rings. The summed E-state index contributed by atoms with van der Waals surface area (Å²) in [4.78, 5) is 0. The van der Waals surface area contributed by atoms with E-state index in [0.29, 0.717) is 16.9 Å². The number of nitrogens with zero attached hydrogens (tertiary/aromatic N) is 5. The summed E-state index contributed by atoms with van der Waals surface area (Å²) >= 11 is 4.86. The van der Waals surface area contributed by atoms with E-state index in [1.54, 1.807) is 0 Å². The number of nitriles is 1. The van der Waals surface area contributed by atoms with Crippen molar-refractivity contribution in [2.75, 3.05) is 0 Å². The van der Waals surface area contributed by atoms with E-state index in [1.165, 1.54) is 0 Å². The molecule has 4 aromatic heterocycles. The van der Waals surface area contributed by atoms with Crippen LogP contribution in [0.15, 0.2) is 393 Å². The SMILES string of the molecule is N#Cc1c(-n2c3ccc(-c4ccccc4)cc3c3cc(-c4ccccc4)ccc32)c(-n2c3ccc(-c4ccccc4)cc3c3cc(-c4ccccc4)ccc32)c(Br)c(-n2c3ccc(-c4ccccc4)cc3c3cc(-c4ccccc4)ccc32)c1-n1c2ccc(-c3ccccc3)cc2c2cc(-c3ccccc3)ccc21. The molecular weight excluding hydrogens is 1390 g/mol. The van der Waals surface area contributed by atoms with Crippen molar-refractivity contribution in [3.8, 4) is 118 Å². The van der Waals surface area contributed by atoms with Crippen molar-refractivity contribution in [1.82, 2.24) is 18.3 Å². The molecule has 0 aliphatic rings. The zero-order chi connectivity index (χ0) is 72.2. The Bertz CT molecular complexity index is 6420. The predicted molar refractivity (Wildman–Crippen MR) is 460 cm³/mol. The highest BCUT2D eigenvalue weighted by Crippen LogP contribution is 2.53. The van der Waals surface area contributed by atoms with E-state index in [1.807, 2.05) is 0 Å². The van der Waals surface area contributed by atoms with Gasteiger partial charge in [0.05, 0.1) is 71.4 Å². The third-order valence-corrected chi connectivity index (χ3v) is 23.0. The smallest absolute Gasteiger partial charge is 0.104 e. The predicted octanol–water partition coefficient (Wildman–Crippen LogP) is 28.0. The first-order chi connectivity index (χ1) is 54.0. The van der Waals surface area contributed by atoms with Gasteiger partial charge in [-0.05, 0) is 202 Å². The molecule has 5 nitrogen and oxygen atoms in total. The molecular formula is C103H64BrN5. The van der Waals surface area contributed by atoms with Crippen LogP contribution in [0.2, 0.25) is 0 Å². The molecule has 0 spiro atoms. The molecule has 21 aromatic rings. The quantitative estimate of drug-likeness (QED) is 0.120. The summed E-state index contributed by atoms with van der Waals surface area (Å²) in [5, 5.41) is 22.2. The summed E-state index contributed by atoms with van der Waals surface area (Å²) in [5.41, 5.74) is 28.9. The lowest BCUT2D eigenvalue weighted by Crippen LogP contribution is -2.15. The number of rotatable bonds is 12. The molecule has 0 bridgehead atoms. The molecule has 0 atom stereocenters. The van der Waals surface area contributed by atoms with Crippen LogP contribution in [0.3, 0.4) is 0 Å². The Kier molecular flexibility index (Phi) is 15.1. The Morgan fingerprint density at radius 3 is 0.468 bits per heavy atom. The fraction of sp³-hybridized carbons (Fsp3) is 0. The van der Waals surface area contributed by atoms with Crippen LogP contribution in [0, 0.1) is 11.3 Å². The van der Waals surface area contributed by atoms with E-state index in [-0.39, 0.29) is 0 Å². The molecule has 6 heteroatoms. The maximum absolute atomic E-state index is 13.7. The number of hydrogen-bond donors (Lipinski definition) is 0. The van der Waals surface area contributed by atoms with Gasteiger partial charge in [-0.15, -0.1) is 0 Å². The van der Waals surface area contributed by atoms with Crippen molar-refractivity contribution >= 4 is 103 Å². The van der Waals surface area contributed by atoms with E-state index >= 15 is 0 Å². The summed E-state index contributed by atoms with van der Waals surface area (Å²) in [6.07, 6.45) is 0. The number of aromatic nitrogens is 4. The van der Waals surface area contributed by atoms with Crippen LogP contribution in [0.25, 0.3) is 199 Å². The zero-order valence-electron chi connectivity index (χ0n) is 59.1. The summed E-state index contributed by atoms with van der Waals surface area (Å²) in [5.74, 6) is 0. The van der Waals surface area contributed by atoms with Crippen LogP contribution >= 0.6 is 15.9 Å². The van der Waals surface area contributed by atoms with Crippen molar-refractivity contribution in [2.45, 2.75) is 0 Å². The average molecular weight is 1450 g/mol. The topological polar surface area (TPSA) is 43.5 Å². The number of fused-ring (bicyclic) bond motifs is 12. The van der Waals surface area contributed by atoms with E-state index in [4.69, 9.17) is 15.9 Å². The lowest BCUT2D eigenvalue weighted by molar-refractivity contribution is 1.02. The molecule has 21 rings (SSSR count). The molecule has 109 heavy (non-hydrogen) atoms. The van der Waals surface area contributed by atoms with Gasteiger partial charge in [0.1, 0.15) is 11.6 Å². The van der Waals surface area contributed by atoms with Crippen molar-refractivity contribution in [1.29, 1.82) is 5.26 Å². The minimum atomic E-state index is 0.470. The van der Waals surface area contributed by atoms with E-state index in [2.05, 4.69) is 413 Å². The second-order valence-corrected chi connectivity index (χ2v) is 29.1. The summed E-state index contributed by atoms with van der Waals surface area (Å²) in [7, 11) is 0. The largest absolute Gasteiger partial charge is 0.306 e. The van der Waals surface area contributed by atoms with Gasteiger partial charge in [0.25, 0.3) is 0 Å². The molecule has 0 N–H and O–H groups in total. The molecule has 0 aliphatic carbocycles. The number of hydrogen-bond acceptors (Lipinski definition) is 1. The van der Waals surface area contributed by atoms with Gasteiger partial charge in [-0.25, -0.2) is 0 Å². The van der Waals surface area contributed by atoms with Gasteiger partial charge in [-0.1, -0.05) is 291 Å². The minimum absolute atomic E-state index is 0.470. The summed E-state index contributed by atoms with van der Waals surface area (Å²) in [6, 6.07) is 144. The molecule has 0 amide bonds.